The van der Waals surface area contributed by atoms with Crippen LogP contribution in [0, 0.1) is 6.92 Å². The number of hydrogen-bond donors (Lipinski definition) is 2. The molecule has 2 amide bonds. The van der Waals surface area contributed by atoms with Crippen molar-refractivity contribution < 1.29 is 22.8 Å². The highest BCUT2D eigenvalue weighted by Gasteiger charge is 2.16. The number of hydrogen-bond acceptors (Lipinski definition) is 4. The maximum Gasteiger partial charge on any atom is 0.387 e. The second-order valence-corrected chi connectivity index (χ2v) is 4.56. The van der Waals surface area contributed by atoms with Gasteiger partial charge in [-0.2, -0.15) is 8.78 Å². The van der Waals surface area contributed by atoms with Crippen LogP contribution < -0.4 is 15.4 Å². The van der Waals surface area contributed by atoms with Gasteiger partial charge in [-0.05, 0) is 19.9 Å². The van der Waals surface area contributed by atoms with Crippen molar-refractivity contribution >= 4 is 11.8 Å². The number of urea groups is 1. The largest absolute Gasteiger partial charge is 0.434 e. The number of nitrogens with zero attached hydrogens (tertiary/aromatic N) is 1. The highest BCUT2D eigenvalue weighted by atomic mass is 19.3. The van der Waals surface area contributed by atoms with E-state index in [0.717, 1.165) is 0 Å². The van der Waals surface area contributed by atoms with E-state index in [1.807, 2.05) is 0 Å². The van der Waals surface area contributed by atoms with Gasteiger partial charge in [-0.3, -0.25) is 5.32 Å². The van der Waals surface area contributed by atoms with Gasteiger partial charge in [0.1, 0.15) is 11.5 Å². The number of rotatable bonds is 5. The van der Waals surface area contributed by atoms with Crippen LogP contribution in [0.4, 0.5) is 19.4 Å². The minimum atomic E-state index is -2.93. The van der Waals surface area contributed by atoms with Crippen LogP contribution in [0.25, 0.3) is 0 Å². The molecule has 0 radical (unpaired) electrons. The van der Waals surface area contributed by atoms with Crippen molar-refractivity contribution in [2.75, 3.05) is 5.32 Å². The van der Waals surface area contributed by atoms with E-state index >= 15 is 0 Å². The number of aromatic nitrogens is 1. The summed E-state index contributed by atoms with van der Waals surface area (Å²) < 4.78 is 34.0. The molecule has 1 heterocycles. The molecule has 0 saturated heterocycles. The van der Waals surface area contributed by atoms with Gasteiger partial charge in [-0.1, -0.05) is 23.4 Å². The smallest absolute Gasteiger partial charge is 0.387 e. The molecule has 1 atom stereocenters. The number of alkyl halides is 2. The average Bonchev–Trinajstić information content (AvgIpc) is 2.83. The van der Waals surface area contributed by atoms with Gasteiger partial charge in [-0.15, -0.1) is 0 Å². The van der Waals surface area contributed by atoms with Crippen molar-refractivity contribution in [2.45, 2.75) is 26.5 Å². The number of ether oxygens (including phenoxy) is 1. The van der Waals surface area contributed by atoms with Gasteiger partial charge < -0.3 is 14.6 Å². The SMILES string of the molecule is Cc1cc(NC(=O)NC(C)c2ccccc2OC(F)F)no1. The predicted octanol–water partition coefficient (Wildman–Crippen LogP) is 3.47. The van der Waals surface area contributed by atoms with Crippen LogP contribution in [0.3, 0.4) is 0 Å². The third kappa shape index (κ3) is 4.18. The Kier molecular flexibility index (Phi) is 4.92. The molecule has 0 saturated carbocycles. The van der Waals surface area contributed by atoms with Crippen LogP contribution >= 0.6 is 0 Å². The van der Waals surface area contributed by atoms with Gasteiger partial charge in [0.05, 0.1) is 6.04 Å². The van der Waals surface area contributed by atoms with Crippen LogP contribution in [0.1, 0.15) is 24.3 Å². The maximum absolute atomic E-state index is 12.4. The number of amides is 2. The zero-order chi connectivity index (χ0) is 16.1. The molecule has 118 valence electrons. The molecule has 1 aromatic carbocycles. The van der Waals surface area contributed by atoms with Crippen LogP contribution in [-0.4, -0.2) is 17.8 Å². The van der Waals surface area contributed by atoms with Gasteiger partial charge in [0.15, 0.2) is 5.82 Å². The highest BCUT2D eigenvalue weighted by Crippen LogP contribution is 2.26. The van der Waals surface area contributed by atoms with Crippen molar-refractivity contribution in [3.63, 3.8) is 0 Å². The lowest BCUT2D eigenvalue weighted by atomic mass is 10.1. The Labute approximate surface area is 125 Å². The number of para-hydroxylation sites is 1. The normalized spacial score (nSPS) is 12.0. The quantitative estimate of drug-likeness (QED) is 0.886. The molecule has 0 bridgehead atoms. The Morgan fingerprint density at radius 2 is 2.09 bits per heavy atom. The van der Waals surface area contributed by atoms with E-state index in [0.29, 0.717) is 11.3 Å². The summed E-state index contributed by atoms with van der Waals surface area (Å²) in [7, 11) is 0. The first kappa shape index (κ1) is 15.7. The summed E-state index contributed by atoms with van der Waals surface area (Å²) in [5, 5.41) is 8.71. The fourth-order valence-electron chi connectivity index (χ4n) is 1.89. The average molecular weight is 311 g/mol. The van der Waals surface area contributed by atoms with E-state index in [2.05, 4.69) is 20.5 Å². The molecule has 1 aromatic heterocycles. The van der Waals surface area contributed by atoms with E-state index in [1.165, 1.54) is 6.07 Å². The number of carbonyl (C=O) groups is 1. The van der Waals surface area contributed by atoms with Crippen LogP contribution in [0.15, 0.2) is 34.9 Å². The van der Waals surface area contributed by atoms with Gasteiger partial charge in [0.2, 0.25) is 0 Å². The standard InChI is InChI=1S/C14H15F2N3O3/c1-8-7-12(19-22-8)18-14(20)17-9(2)10-5-3-4-6-11(10)21-13(15)16/h3-7,9,13H,1-2H3,(H2,17,18,19,20). The monoisotopic (exact) mass is 311 g/mol. The van der Waals surface area contributed by atoms with E-state index < -0.39 is 18.7 Å². The highest BCUT2D eigenvalue weighted by molar-refractivity contribution is 5.88. The second-order valence-electron chi connectivity index (χ2n) is 4.56. The van der Waals surface area contributed by atoms with E-state index in [4.69, 9.17) is 4.52 Å². The van der Waals surface area contributed by atoms with E-state index in [1.54, 1.807) is 38.1 Å². The first-order valence-corrected chi connectivity index (χ1v) is 6.50. The molecule has 0 spiro atoms. The van der Waals surface area contributed by atoms with E-state index in [9.17, 15) is 13.6 Å². The zero-order valence-electron chi connectivity index (χ0n) is 12.0. The van der Waals surface area contributed by atoms with Gasteiger partial charge in [0.25, 0.3) is 0 Å². The third-order valence-corrected chi connectivity index (χ3v) is 2.82. The van der Waals surface area contributed by atoms with Crippen molar-refractivity contribution in [2.24, 2.45) is 0 Å². The summed E-state index contributed by atoms with van der Waals surface area (Å²) in [6.07, 6.45) is 0. The first-order valence-electron chi connectivity index (χ1n) is 6.50. The number of halogens is 2. The van der Waals surface area contributed by atoms with Crippen LogP contribution in [0.2, 0.25) is 0 Å². The fraction of sp³-hybridized carbons (Fsp3) is 0.286. The molecule has 2 rings (SSSR count). The molecule has 0 aliphatic heterocycles. The summed E-state index contributed by atoms with van der Waals surface area (Å²) in [5.41, 5.74) is 0.439. The zero-order valence-corrected chi connectivity index (χ0v) is 12.0. The molecular weight excluding hydrogens is 296 g/mol. The van der Waals surface area contributed by atoms with Crippen molar-refractivity contribution in [3.05, 3.63) is 41.7 Å². The van der Waals surface area contributed by atoms with Crippen molar-refractivity contribution in [1.29, 1.82) is 0 Å². The van der Waals surface area contributed by atoms with Crippen LogP contribution in [0.5, 0.6) is 5.75 Å². The Balaban J connectivity index is 2.02. The molecule has 0 aliphatic rings. The molecule has 0 aliphatic carbocycles. The Morgan fingerprint density at radius 1 is 1.36 bits per heavy atom. The number of anilines is 1. The topological polar surface area (TPSA) is 76.4 Å². The molecule has 1 unspecified atom stereocenters. The lowest BCUT2D eigenvalue weighted by molar-refractivity contribution is -0.0506. The van der Waals surface area contributed by atoms with E-state index in [-0.39, 0.29) is 11.6 Å². The molecule has 0 fully saturated rings. The Bertz CT molecular complexity index is 646. The van der Waals surface area contributed by atoms with Crippen LogP contribution in [-0.2, 0) is 0 Å². The van der Waals surface area contributed by atoms with Gasteiger partial charge >= 0.3 is 12.6 Å². The number of carbonyl (C=O) groups excluding carboxylic acids is 1. The molecular formula is C14H15F2N3O3. The molecule has 8 heteroatoms. The number of benzene rings is 1. The number of nitrogens with one attached hydrogen (secondary N) is 2. The van der Waals surface area contributed by atoms with Gasteiger partial charge in [0, 0.05) is 11.6 Å². The molecule has 22 heavy (non-hydrogen) atoms. The Morgan fingerprint density at radius 3 is 2.73 bits per heavy atom. The predicted molar refractivity (Wildman–Crippen MR) is 74.9 cm³/mol. The molecule has 2 aromatic rings. The lowest BCUT2D eigenvalue weighted by Crippen LogP contribution is -2.31. The molecule has 6 nitrogen and oxygen atoms in total. The summed E-state index contributed by atoms with van der Waals surface area (Å²) >= 11 is 0. The number of aryl methyl sites for hydroxylation is 1. The lowest BCUT2D eigenvalue weighted by Gasteiger charge is -2.17. The third-order valence-electron chi connectivity index (χ3n) is 2.82. The summed E-state index contributed by atoms with van der Waals surface area (Å²) in [6, 6.07) is 6.74. The minimum Gasteiger partial charge on any atom is -0.434 e. The summed E-state index contributed by atoms with van der Waals surface area (Å²) in [6.45, 7) is 0.415. The van der Waals surface area contributed by atoms with Crippen molar-refractivity contribution in [3.8, 4) is 5.75 Å². The second kappa shape index (κ2) is 6.88. The van der Waals surface area contributed by atoms with Crippen molar-refractivity contribution in [1.82, 2.24) is 10.5 Å². The van der Waals surface area contributed by atoms with Gasteiger partial charge in [-0.25, -0.2) is 4.79 Å². The fourth-order valence-corrected chi connectivity index (χ4v) is 1.89. The summed E-state index contributed by atoms with van der Waals surface area (Å²) in [4.78, 5) is 11.8. The molecule has 2 N–H and O–H groups in total. The maximum atomic E-state index is 12.4. The minimum absolute atomic E-state index is 0.0163. The first-order chi connectivity index (χ1) is 10.5. The summed E-state index contributed by atoms with van der Waals surface area (Å²) in [5.74, 6) is 0.834. The Hall–Kier alpha value is -2.64.